The van der Waals surface area contributed by atoms with Crippen molar-refractivity contribution in [2.75, 3.05) is 11.1 Å². The summed E-state index contributed by atoms with van der Waals surface area (Å²) in [6.07, 6.45) is 4.31. The van der Waals surface area contributed by atoms with Gasteiger partial charge < -0.3 is 10.6 Å². The summed E-state index contributed by atoms with van der Waals surface area (Å²) in [5.41, 5.74) is 2.57. The van der Waals surface area contributed by atoms with Gasteiger partial charge in [-0.1, -0.05) is 36.7 Å². The Morgan fingerprint density at radius 1 is 1.17 bits per heavy atom. The summed E-state index contributed by atoms with van der Waals surface area (Å²) < 4.78 is 1.83. The molecule has 0 radical (unpaired) electrons. The first kappa shape index (κ1) is 20.3. The lowest BCUT2D eigenvalue weighted by molar-refractivity contribution is -0.113. The minimum Gasteiger partial charge on any atom is -0.349 e. The van der Waals surface area contributed by atoms with E-state index in [2.05, 4.69) is 25.8 Å². The maximum atomic E-state index is 12.7. The Kier molecular flexibility index (Phi) is 5.98. The number of aryl methyl sites for hydroxylation is 2. The fraction of sp³-hybridized carbons (Fsp3) is 0.381. The lowest BCUT2D eigenvalue weighted by Gasteiger charge is -2.15. The van der Waals surface area contributed by atoms with Gasteiger partial charge in [-0.15, -0.1) is 10.2 Å². The summed E-state index contributed by atoms with van der Waals surface area (Å²) in [6.45, 7) is 3.79. The zero-order valence-corrected chi connectivity index (χ0v) is 17.8. The number of fused-ring (bicyclic) bond motifs is 1. The molecule has 1 aliphatic carbocycles. The quantitative estimate of drug-likeness (QED) is 0.590. The van der Waals surface area contributed by atoms with E-state index in [1.807, 2.05) is 24.3 Å². The number of hydrogen-bond acceptors (Lipinski definition) is 6. The van der Waals surface area contributed by atoms with Crippen LogP contribution in [0.15, 0.2) is 35.5 Å². The number of thioether (sulfide) groups is 1. The second-order valence-electron chi connectivity index (χ2n) is 7.46. The van der Waals surface area contributed by atoms with E-state index in [-0.39, 0.29) is 23.6 Å². The summed E-state index contributed by atoms with van der Waals surface area (Å²) in [5.74, 6) is 0.556. The topological polar surface area (TPSA) is 101 Å². The van der Waals surface area contributed by atoms with E-state index in [1.165, 1.54) is 11.8 Å². The summed E-state index contributed by atoms with van der Waals surface area (Å²) in [6, 6.07) is 9.15. The zero-order chi connectivity index (χ0) is 21.1. The number of nitrogens with zero attached hydrogens (tertiary/aromatic N) is 4. The van der Waals surface area contributed by atoms with Gasteiger partial charge in [0.2, 0.25) is 5.91 Å². The van der Waals surface area contributed by atoms with Gasteiger partial charge in [-0.3, -0.25) is 14.0 Å². The van der Waals surface area contributed by atoms with Crippen molar-refractivity contribution in [1.29, 1.82) is 0 Å². The molecule has 0 bridgehead atoms. The van der Waals surface area contributed by atoms with Crippen LogP contribution in [-0.2, 0) is 4.79 Å². The first-order valence-electron chi connectivity index (χ1n) is 10.0. The van der Waals surface area contributed by atoms with Gasteiger partial charge in [-0.2, -0.15) is 0 Å². The van der Waals surface area contributed by atoms with Gasteiger partial charge in [0.25, 0.3) is 5.91 Å². The highest BCUT2D eigenvalue weighted by Gasteiger charge is 2.20. The molecule has 1 aliphatic rings. The molecule has 2 aromatic heterocycles. The summed E-state index contributed by atoms with van der Waals surface area (Å²) in [7, 11) is 0. The molecule has 0 spiro atoms. The summed E-state index contributed by atoms with van der Waals surface area (Å²) >= 11 is 1.28. The SMILES string of the molecule is Cc1cc2nnc(SCC(=O)Nc3ccccc3C(=O)NC3CCCC3)n2c(C)n1. The molecule has 1 fully saturated rings. The molecule has 1 saturated carbocycles. The van der Waals surface area contributed by atoms with Crippen molar-refractivity contribution in [2.24, 2.45) is 0 Å². The molecule has 8 nitrogen and oxygen atoms in total. The Morgan fingerprint density at radius 2 is 1.93 bits per heavy atom. The molecule has 1 aromatic carbocycles. The van der Waals surface area contributed by atoms with Crippen molar-refractivity contribution >= 4 is 34.9 Å². The van der Waals surface area contributed by atoms with Gasteiger partial charge in [0, 0.05) is 17.8 Å². The van der Waals surface area contributed by atoms with Crippen LogP contribution in [0, 0.1) is 13.8 Å². The van der Waals surface area contributed by atoms with Crippen LogP contribution in [0.2, 0.25) is 0 Å². The number of aromatic nitrogens is 4. The van der Waals surface area contributed by atoms with Gasteiger partial charge in [0.15, 0.2) is 10.8 Å². The molecule has 3 aromatic rings. The largest absolute Gasteiger partial charge is 0.349 e. The number of benzene rings is 1. The number of amides is 2. The predicted molar refractivity (Wildman–Crippen MR) is 116 cm³/mol. The third kappa shape index (κ3) is 4.46. The minimum absolute atomic E-state index is 0.146. The van der Waals surface area contributed by atoms with E-state index in [0.29, 0.717) is 22.1 Å². The fourth-order valence-electron chi connectivity index (χ4n) is 3.74. The van der Waals surface area contributed by atoms with E-state index in [0.717, 1.165) is 37.2 Å². The van der Waals surface area contributed by atoms with Gasteiger partial charge >= 0.3 is 0 Å². The number of para-hydroxylation sites is 1. The van der Waals surface area contributed by atoms with Gasteiger partial charge in [-0.25, -0.2) is 4.98 Å². The second kappa shape index (κ2) is 8.83. The van der Waals surface area contributed by atoms with E-state index >= 15 is 0 Å². The van der Waals surface area contributed by atoms with Gasteiger partial charge in [0.05, 0.1) is 17.0 Å². The number of hydrogen-bond donors (Lipinski definition) is 2. The van der Waals surface area contributed by atoms with E-state index in [9.17, 15) is 9.59 Å². The summed E-state index contributed by atoms with van der Waals surface area (Å²) in [4.78, 5) is 29.7. The van der Waals surface area contributed by atoms with Crippen molar-refractivity contribution in [1.82, 2.24) is 24.9 Å². The van der Waals surface area contributed by atoms with Crippen LogP contribution in [0.4, 0.5) is 5.69 Å². The first-order valence-corrected chi connectivity index (χ1v) is 11.0. The molecule has 0 aliphatic heterocycles. The van der Waals surface area contributed by atoms with Gasteiger partial charge in [0.1, 0.15) is 5.82 Å². The van der Waals surface area contributed by atoms with Crippen LogP contribution in [0.3, 0.4) is 0 Å². The Bertz CT molecular complexity index is 1090. The molecule has 0 unspecified atom stereocenters. The zero-order valence-electron chi connectivity index (χ0n) is 17.0. The van der Waals surface area contributed by atoms with Crippen LogP contribution in [0.5, 0.6) is 0 Å². The molecule has 2 N–H and O–H groups in total. The van der Waals surface area contributed by atoms with E-state index in [1.54, 1.807) is 24.3 Å². The Balaban J connectivity index is 1.42. The molecule has 9 heteroatoms. The highest BCUT2D eigenvalue weighted by Crippen LogP contribution is 2.22. The lowest BCUT2D eigenvalue weighted by Crippen LogP contribution is -2.33. The first-order chi connectivity index (χ1) is 14.5. The Hall–Kier alpha value is -2.94. The van der Waals surface area contributed by atoms with E-state index in [4.69, 9.17) is 0 Å². The van der Waals surface area contributed by atoms with Gasteiger partial charge in [-0.05, 0) is 38.8 Å². The molecule has 0 saturated heterocycles. The molecule has 156 valence electrons. The number of anilines is 1. The lowest BCUT2D eigenvalue weighted by atomic mass is 10.1. The molecule has 30 heavy (non-hydrogen) atoms. The minimum atomic E-state index is -0.212. The molecular formula is C21H24N6O2S. The van der Waals surface area contributed by atoms with Crippen LogP contribution in [0.25, 0.3) is 5.65 Å². The Morgan fingerprint density at radius 3 is 2.73 bits per heavy atom. The van der Waals surface area contributed by atoms with E-state index < -0.39 is 0 Å². The third-order valence-corrected chi connectivity index (χ3v) is 6.06. The van der Waals surface area contributed by atoms with Crippen molar-refractivity contribution in [2.45, 2.75) is 50.7 Å². The highest BCUT2D eigenvalue weighted by molar-refractivity contribution is 7.99. The van der Waals surface area contributed by atoms with Crippen LogP contribution in [-0.4, -0.2) is 43.2 Å². The van der Waals surface area contributed by atoms with Crippen molar-refractivity contribution < 1.29 is 9.59 Å². The standard InChI is InChI=1S/C21H24N6O2S/c1-13-11-18-25-26-21(27(18)14(2)22-13)30-12-19(28)24-17-10-6-5-9-16(17)20(29)23-15-7-3-4-8-15/h5-6,9-11,15H,3-4,7-8,12H2,1-2H3,(H,23,29)(H,24,28). The average Bonchev–Trinajstić information content (AvgIpc) is 3.36. The maximum Gasteiger partial charge on any atom is 0.253 e. The normalized spacial score (nSPS) is 14.2. The highest BCUT2D eigenvalue weighted by atomic mass is 32.2. The van der Waals surface area contributed by atoms with Crippen molar-refractivity contribution in [3.8, 4) is 0 Å². The van der Waals surface area contributed by atoms with Crippen LogP contribution >= 0.6 is 11.8 Å². The monoisotopic (exact) mass is 424 g/mol. The molecule has 4 rings (SSSR count). The van der Waals surface area contributed by atoms with Crippen molar-refractivity contribution in [3.63, 3.8) is 0 Å². The average molecular weight is 425 g/mol. The smallest absolute Gasteiger partial charge is 0.253 e. The molecule has 2 heterocycles. The van der Waals surface area contributed by atoms with Crippen LogP contribution in [0.1, 0.15) is 47.6 Å². The molecule has 0 atom stereocenters. The predicted octanol–water partition coefficient (Wildman–Crippen LogP) is 3.14. The number of nitrogens with one attached hydrogen (secondary N) is 2. The number of carbonyl (C=O) groups excluding carboxylic acids is 2. The third-order valence-electron chi connectivity index (χ3n) is 5.13. The fourth-order valence-corrected chi connectivity index (χ4v) is 4.52. The number of carbonyl (C=O) groups is 2. The maximum absolute atomic E-state index is 12.7. The van der Waals surface area contributed by atoms with Crippen molar-refractivity contribution in [3.05, 3.63) is 47.4 Å². The second-order valence-corrected chi connectivity index (χ2v) is 8.40. The molecular weight excluding hydrogens is 400 g/mol. The van der Waals surface area contributed by atoms with Crippen LogP contribution < -0.4 is 10.6 Å². The summed E-state index contributed by atoms with van der Waals surface area (Å²) in [5, 5.41) is 14.9. The Labute approximate surface area is 178 Å². The number of rotatable bonds is 6. The molecule has 2 amide bonds.